The van der Waals surface area contributed by atoms with Crippen LogP contribution in [0.4, 0.5) is 0 Å². The number of nitriles is 2. The SMILES string of the molecule is CC1(C)c2ccccc2-c2cc3c4ccccc4n(-c4c(C#N)cc(C#N)c(-n5c6ccccc6c6cc7c(cc65)C(C)(C)c5ccccc5-7)c4-c4ccccc4)c3cc21. The van der Waals surface area contributed by atoms with Crippen LogP contribution in [0.3, 0.4) is 0 Å². The summed E-state index contributed by atoms with van der Waals surface area (Å²) in [5.41, 5.74) is 18.0. The maximum atomic E-state index is 11.2. The number of benzene rings is 8. The Balaban J connectivity index is 1.26. The molecule has 0 atom stereocenters. The second-order valence-electron chi connectivity index (χ2n) is 17.5. The smallest absolute Gasteiger partial charge is 0.101 e. The van der Waals surface area contributed by atoms with Gasteiger partial charge >= 0.3 is 0 Å². The first-order chi connectivity index (χ1) is 29.2. The van der Waals surface area contributed by atoms with Gasteiger partial charge in [-0.2, -0.15) is 10.5 Å². The Bertz CT molecular complexity index is 3400. The molecule has 0 radical (unpaired) electrons. The van der Waals surface area contributed by atoms with E-state index in [0.29, 0.717) is 11.1 Å². The van der Waals surface area contributed by atoms with Gasteiger partial charge in [-0.05, 0) is 92.5 Å². The predicted molar refractivity (Wildman–Crippen MR) is 245 cm³/mol. The molecule has 0 saturated heterocycles. The maximum Gasteiger partial charge on any atom is 0.101 e. The van der Waals surface area contributed by atoms with E-state index in [1.54, 1.807) is 0 Å². The highest BCUT2D eigenvalue weighted by Crippen LogP contribution is 2.54. The number of rotatable bonds is 3. The molecule has 0 saturated carbocycles. The molecule has 0 unspecified atom stereocenters. The minimum absolute atomic E-state index is 0.228. The Morgan fingerprint density at radius 1 is 0.383 bits per heavy atom. The summed E-state index contributed by atoms with van der Waals surface area (Å²) in [6.07, 6.45) is 0. The zero-order chi connectivity index (χ0) is 40.7. The third-order valence-corrected chi connectivity index (χ3v) is 13.8. The first-order valence-corrected chi connectivity index (χ1v) is 20.6. The minimum Gasteiger partial charge on any atom is -0.307 e. The van der Waals surface area contributed by atoms with Crippen LogP contribution in [-0.2, 0) is 10.8 Å². The Morgan fingerprint density at radius 3 is 1.27 bits per heavy atom. The van der Waals surface area contributed by atoms with Gasteiger partial charge in [-0.3, -0.25) is 0 Å². The van der Waals surface area contributed by atoms with E-state index in [1.807, 2.05) is 24.3 Å². The molecule has 2 aromatic heterocycles. The van der Waals surface area contributed by atoms with E-state index < -0.39 is 0 Å². The molecule has 10 aromatic rings. The molecule has 0 aliphatic heterocycles. The zero-order valence-electron chi connectivity index (χ0n) is 33.8. The number of fused-ring (bicyclic) bond motifs is 12. The molecular weight excluding hydrogens is 729 g/mol. The predicted octanol–water partition coefficient (Wildman–Crippen LogP) is 13.9. The lowest BCUT2D eigenvalue weighted by molar-refractivity contribution is 0.661. The summed E-state index contributed by atoms with van der Waals surface area (Å²) in [5, 5.41) is 27.0. The average Bonchev–Trinajstić information content (AvgIpc) is 3.93. The molecule has 2 heterocycles. The lowest BCUT2D eigenvalue weighted by atomic mass is 9.82. The van der Waals surface area contributed by atoms with Crippen molar-refractivity contribution < 1.29 is 0 Å². The molecule has 0 spiro atoms. The summed E-state index contributed by atoms with van der Waals surface area (Å²) in [7, 11) is 0. The Hall–Kier alpha value is -7.66. The van der Waals surface area contributed by atoms with Crippen LogP contribution in [-0.4, -0.2) is 9.13 Å². The normalized spacial score (nSPS) is 14.2. The lowest BCUT2D eigenvalue weighted by Gasteiger charge is -2.24. The average molecular weight is 767 g/mol. The zero-order valence-corrected chi connectivity index (χ0v) is 33.8. The largest absolute Gasteiger partial charge is 0.307 e. The van der Waals surface area contributed by atoms with Gasteiger partial charge in [-0.25, -0.2) is 0 Å². The van der Waals surface area contributed by atoms with Crippen LogP contribution >= 0.6 is 0 Å². The number of para-hydroxylation sites is 2. The van der Waals surface area contributed by atoms with Crippen LogP contribution < -0.4 is 0 Å². The van der Waals surface area contributed by atoms with Crippen molar-refractivity contribution in [1.82, 2.24) is 9.13 Å². The molecule has 2 aliphatic carbocycles. The molecule has 12 rings (SSSR count). The van der Waals surface area contributed by atoms with Crippen LogP contribution in [0.15, 0.2) is 158 Å². The molecule has 8 aromatic carbocycles. The van der Waals surface area contributed by atoms with Gasteiger partial charge in [0.2, 0.25) is 0 Å². The van der Waals surface area contributed by atoms with E-state index in [0.717, 1.165) is 66.1 Å². The third-order valence-electron chi connectivity index (χ3n) is 13.8. The van der Waals surface area contributed by atoms with Gasteiger partial charge in [0.25, 0.3) is 0 Å². The van der Waals surface area contributed by atoms with Crippen molar-refractivity contribution in [3.8, 4) is 56.9 Å². The van der Waals surface area contributed by atoms with Gasteiger partial charge in [-0.15, -0.1) is 0 Å². The molecular formula is C56H38N4. The van der Waals surface area contributed by atoms with Crippen molar-refractivity contribution in [2.45, 2.75) is 38.5 Å². The van der Waals surface area contributed by atoms with Gasteiger partial charge in [0, 0.05) is 37.9 Å². The molecule has 4 nitrogen and oxygen atoms in total. The van der Waals surface area contributed by atoms with Crippen molar-refractivity contribution in [2.75, 3.05) is 0 Å². The number of nitrogens with zero attached hydrogens (tertiary/aromatic N) is 4. The van der Waals surface area contributed by atoms with E-state index in [-0.39, 0.29) is 10.8 Å². The van der Waals surface area contributed by atoms with Gasteiger partial charge in [0.1, 0.15) is 12.1 Å². The van der Waals surface area contributed by atoms with Crippen LogP contribution in [0.1, 0.15) is 61.1 Å². The summed E-state index contributed by atoms with van der Waals surface area (Å²) < 4.78 is 4.61. The monoisotopic (exact) mass is 766 g/mol. The fraction of sp³-hybridized carbons (Fsp3) is 0.107. The molecule has 4 heteroatoms. The standard InChI is InChI=1S/C56H38N4/c1-55(2)44-22-12-8-18-36(44)40-27-42-38-20-10-14-24-48(38)59(50(42)29-46(40)55)53-34(31-57)26-35(32-58)54(52(53)33-16-6-5-7-17-33)60-49-25-15-11-21-39(49)43-28-41-37-19-9-13-23-45(37)56(3,4)47(41)30-51(43)60/h5-30H,1-4H3. The summed E-state index contributed by atoms with van der Waals surface area (Å²) in [4.78, 5) is 0. The molecule has 0 fully saturated rings. The highest BCUT2D eigenvalue weighted by Gasteiger charge is 2.38. The second-order valence-corrected chi connectivity index (χ2v) is 17.5. The van der Waals surface area contributed by atoms with Gasteiger partial charge in [0.15, 0.2) is 0 Å². The van der Waals surface area contributed by atoms with Crippen molar-refractivity contribution in [3.05, 3.63) is 191 Å². The van der Waals surface area contributed by atoms with Crippen molar-refractivity contribution >= 4 is 43.6 Å². The van der Waals surface area contributed by atoms with Crippen LogP contribution in [0.25, 0.3) is 88.4 Å². The summed E-state index contributed by atoms with van der Waals surface area (Å²) >= 11 is 0. The summed E-state index contributed by atoms with van der Waals surface area (Å²) in [6, 6.07) is 61.4. The fourth-order valence-corrected chi connectivity index (χ4v) is 11.0. The molecule has 0 N–H and O–H groups in total. The van der Waals surface area contributed by atoms with Gasteiger partial charge in [0.05, 0.1) is 44.6 Å². The lowest BCUT2D eigenvalue weighted by Crippen LogP contribution is -2.15. The Labute approximate surface area is 348 Å². The highest BCUT2D eigenvalue weighted by atomic mass is 15.0. The number of hydrogen-bond acceptors (Lipinski definition) is 2. The van der Waals surface area contributed by atoms with E-state index in [1.165, 1.54) is 44.5 Å². The molecule has 2 aliphatic rings. The highest BCUT2D eigenvalue weighted by molar-refractivity contribution is 6.15. The summed E-state index contributed by atoms with van der Waals surface area (Å²) in [5.74, 6) is 0. The fourth-order valence-electron chi connectivity index (χ4n) is 11.0. The van der Waals surface area contributed by atoms with E-state index >= 15 is 0 Å². The molecule has 60 heavy (non-hydrogen) atoms. The van der Waals surface area contributed by atoms with Gasteiger partial charge < -0.3 is 9.13 Å². The third kappa shape index (κ3) is 4.32. The van der Waals surface area contributed by atoms with Crippen molar-refractivity contribution in [1.29, 1.82) is 10.5 Å². The first kappa shape index (κ1) is 34.4. The van der Waals surface area contributed by atoms with Crippen LogP contribution in [0.5, 0.6) is 0 Å². The van der Waals surface area contributed by atoms with E-state index in [4.69, 9.17) is 0 Å². The molecule has 0 amide bonds. The summed E-state index contributed by atoms with van der Waals surface area (Å²) in [6.45, 7) is 9.24. The second kappa shape index (κ2) is 12.0. The number of hydrogen-bond donors (Lipinski definition) is 0. The quantitative estimate of drug-likeness (QED) is 0.180. The maximum absolute atomic E-state index is 11.2. The topological polar surface area (TPSA) is 57.4 Å². The van der Waals surface area contributed by atoms with Crippen molar-refractivity contribution in [3.63, 3.8) is 0 Å². The Kier molecular flexibility index (Phi) is 6.85. The number of aromatic nitrogens is 2. The van der Waals surface area contributed by atoms with Crippen LogP contribution in [0.2, 0.25) is 0 Å². The van der Waals surface area contributed by atoms with Crippen LogP contribution in [0, 0.1) is 22.7 Å². The minimum atomic E-state index is -0.228. The van der Waals surface area contributed by atoms with E-state index in [2.05, 4.69) is 182 Å². The van der Waals surface area contributed by atoms with Crippen molar-refractivity contribution in [2.24, 2.45) is 0 Å². The van der Waals surface area contributed by atoms with Gasteiger partial charge in [-0.1, -0.05) is 143 Å². The molecule has 282 valence electrons. The first-order valence-electron chi connectivity index (χ1n) is 20.6. The van der Waals surface area contributed by atoms with E-state index in [9.17, 15) is 10.5 Å². The molecule has 0 bridgehead atoms. The Morgan fingerprint density at radius 2 is 0.800 bits per heavy atom.